The number of benzene rings is 1. The van der Waals surface area contributed by atoms with Crippen LogP contribution in [0.5, 0.6) is 0 Å². The van der Waals surface area contributed by atoms with Crippen LogP contribution >= 0.6 is 12.6 Å². The van der Waals surface area contributed by atoms with Crippen LogP contribution in [0, 0.1) is 10.1 Å². The van der Waals surface area contributed by atoms with Gasteiger partial charge < -0.3 is 0 Å². The quantitative estimate of drug-likeness (QED) is 0.370. The molecule has 0 aliphatic carbocycles. The van der Waals surface area contributed by atoms with Crippen LogP contribution in [-0.4, -0.2) is 22.0 Å². The van der Waals surface area contributed by atoms with Gasteiger partial charge in [-0.25, -0.2) is 4.90 Å². The summed E-state index contributed by atoms with van der Waals surface area (Å²) in [7, 11) is 0. The van der Waals surface area contributed by atoms with Crippen molar-refractivity contribution in [1.82, 2.24) is 0 Å². The average molecular weight is 252 g/mol. The molecule has 2 amide bonds. The summed E-state index contributed by atoms with van der Waals surface area (Å²) >= 11 is 3.98. The number of carbonyl (C=O) groups is 2. The lowest BCUT2D eigenvalue weighted by molar-refractivity contribution is -0.384. The first kappa shape index (κ1) is 11.6. The van der Waals surface area contributed by atoms with Crippen molar-refractivity contribution in [2.45, 2.75) is 11.7 Å². The summed E-state index contributed by atoms with van der Waals surface area (Å²) in [6.07, 6.45) is 0.0185. The number of carbonyl (C=O) groups excluding carboxylic acids is 2. The number of non-ortho nitro benzene ring substituents is 1. The van der Waals surface area contributed by atoms with Gasteiger partial charge in [-0.15, -0.1) is 0 Å². The summed E-state index contributed by atoms with van der Waals surface area (Å²) in [6.45, 7) is 0. The van der Waals surface area contributed by atoms with E-state index < -0.39 is 22.0 Å². The molecule has 88 valence electrons. The van der Waals surface area contributed by atoms with E-state index in [4.69, 9.17) is 0 Å². The van der Waals surface area contributed by atoms with Crippen molar-refractivity contribution in [2.75, 3.05) is 4.90 Å². The zero-order valence-corrected chi connectivity index (χ0v) is 9.46. The molecule has 0 N–H and O–H groups in total. The predicted octanol–water partition coefficient (Wildman–Crippen LogP) is 1.16. The average Bonchev–Trinajstić information content (AvgIpc) is 2.53. The second kappa shape index (κ2) is 4.17. The molecule has 2 rings (SSSR count). The number of thiol groups is 1. The number of amides is 2. The standard InChI is InChI=1S/C10H8N2O4S/c13-9-5-8(17)10(14)11(9)6-2-1-3-7(4-6)12(15)16/h1-4,8,17H,5H2. The van der Waals surface area contributed by atoms with Gasteiger partial charge in [0, 0.05) is 18.6 Å². The number of rotatable bonds is 2. The molecule has 0 radical (unpaired) electrons. The highest BCUT2D eigenvalue weighted by Crippen LogP contribution is 2.27. The highest BCUT2D eigenvalue weighted by molar-refractivity contribution is 7.82. The van der Waals surface area contributed by atoms with Gasteiger partial charge in [-0.3, -0.25) is 19.7 Å². The Morgan fingerprint density at radius 1 is 1.41 bits per heavy atom. The molecule has 1 heterocycles. The van der Waals surface area contributed by atoms with E-state index in [0.29, 0.717) is 0 Å². The molecule has 1 aliphatic heterocycles. The van der Waals surface area contributed by atoms with Gasteiger partial charge in [-0.05, 0) is 6.07 Å². The highest BCUT2D eigenvalue weighted by atomic mass is 32.1. The molecule has 7 heteroatoms. The Kier molecular flexibility index (Phi) is 2.84. The number of imide groups is 1. The number of anilines is 1. The van der Waals surface area contributed by atoms with E-state index in [1.165, 1.54) is 24.3 Å². The minimum absolute atomic E-state index is 0.0185. The Labute approximate surface area is 102 Å². The number of nitro groups is 1. The Balaban J connectivity index is 2.40. The van der Waals surface area contributed by atoms with Crippen molar-refractivity contribution in [1.29, 1.82) is 0 Å². The summed E-state index contributed by atoms with van der Waals surface area (Å²) in [5.74, 6) is -0.839. The van der Waals surface area contributed by atoms with Gasteiger partial charge in [0.25, 0.3) is 5.69 Å². The van der Waals surface area contributed by atoms with Gasteiger partial charge in [0.2, 0.25) is 11.8 Å². The minimum Gasteiger partial charge on any atom is -0.274 e. The third-order valence-electron chi connectivity index (χ3n) is 2.42. The molecule has 6 nitrogen and oxygen atoms in total. The van der Waals surface area contributed by atoms with Gasteiger partial charge in [-0.2, -0.15) is 12.6 Å². The molecule has 1 aromatic carbocycles. The van der Waals surface area contributed by atoms with Crippen LogP contribution in [0.15, 0.2) is 24.3 Å². The summed E-state index contributed by atoms with van der Waals surface area (Å²) in [5, 5.41) is 9.93. The van der Waals surface area contributed by atoms with Crippen LogP contribution in [-0.2, 0) is 9.59 Å². The number of hydrogen-bond donors (Lipinski definition) is 1. The summed E-state index contributed by atoms with van der Waals surface area (Å²) < 4.78 is 0. The fourth-order valence-corrected chi connectivity index (χ4v) is 1.90. The van der Waals surface area contributed by atoms with Gasteiger partial charge in [0.15, 0.2) is 0 Å². The first-order valence-electron chi connectivity index (χ1n) is 4.80. The Hall–Kier alpha value is -1.89. The second-order valence-corrected chi connectivity index (χ2v) is 4.19. The van der Waals surface area contributed by atoms with E-state index >= 15 is 0 Å². The Morgan fingerprint density at radius 3 is 2.65 bits per heavy atom. The lowest BCUT2D eigenvalue weighted by Crippen LogP contribution is -2.30. The van der Waals surface area contributed by atoms with Crippen molar-refractivity contribution < 1.29 is 14.5 Å². The van der Waals surface area contributed by atoms with Gasteiger partial charge in [-0.1, -0.05) is 6.07 Å². The number of nitrogens with zero attached hydrogens (tertiary/aromatic N) is 2. The fraction of sp³-hybridized carbons (Fsp3) is 0.200. The fourth-order valence-electron chi connectivity index (χ4n) is 1.63. The summed E-state index contributed by atoms with van der Waals surface area (Å²) in [6, 6.07) is 5.41. The monoisotopic (exact) mass is 252 g/mol. The number of hydrogen-bond acceptors (Lipinski definition) is 5. The number of nitro benzene ring substituents is 1. The van der Waals surface area contributed by atoms with E-state index in [9.17, 15) is 19.7 Å². The SMILES string of the molecule is O=C1CC(S)C(=O)N1c1cccc([N+](=O)[O-])c1. The molecule has 1 atom stereocenters. The van der Waals surface area contributed by atoms with E-state index in [2.05, 4.69) is 12.6 Å². The largest absolute Gasteiger partial charge is 0.274 e. The molecule has 0 saturated carbocycles. The smallest absolute Gasteiger partial charge is 0.271 e. The first-order valence-corrected chi connectivity index (χ1v) is 5.31. The Morgan fingerprint density at radius 2 is 2.12 bits per heavy atom. The van der Waals surface area contributed by atoms with Gasteiger partial charge >= 0.3 is 0 Å². The van der Waals surface area contributed by atoms with Crippen LogP contribution in [0.3, 0.4) is 0 Å². The van der Waals surface area contributed by atoms with Gasteiger partial charge in [0.1, 0.15) is 0 Å². The van der Waals surface area contributed by atoms with E-state index in [1.807, 2.05) is 0 Å². The molecular weight excluding hydrogens is 244 g/mol. The molecular formula is C10H8N2O4S. The highest BCUT2D eigenvalue weighted by Gasteiger charge is 2.37. The van der Waals surface area contributed by atoms with Crippen LogP contribution in [0.25, 0.3) is 0 Å². The maximum absolute atomic E-state index is 11.7. The second-order valence-electron chi connectivity index (χ2n) is 3.56. The van der Waals surface area contributed by atoms with Crippen LogP contribution in [0.1, 0.15) is 6.42 Å². The third-order valence-corrected chi connectivity index (χ3v) is 2.83. The molecule has 0 aromatic heterocycles. The Bertz CT molecular complexity index is 517. The summed E-state index contributed by atoms with van der Waals surface area (Å²) in [4.78, 5) is 34.2. The van der Waals surface area contributed by atoms with Crippen molar-refractivity contribution >= 4 is 35.8 Å². The predicted molar refractivity (Wildman–Crippen MR) is 63.0 cm³/mol. The molecule has 0 bridgehead atoms. The van der Waals surface area contributed by atoms with Crippen LogP contribution in [0.2, 0.25) is 0 Å². The van der Waals surface area contributed by atoms with Crippen molar-refractivity contribution in [3.05, 3.63) is 34.4 Å². The van der Waals surface area contributed by atoms with Crippen molar-refractivity contribution in [2.24, 2.45) is 0 Å². The normalized spacial score (nSPS) is 19.8. The van der Waals surface area contributed by atoms with E-state index in [-0.39, 0.29) is 17.8 Å². The van der Waals surface area contributed by atoms with Crippen LogP contribution in [0.4, 0.5) is 11.4 Å². The molecule has 1 unspecified atom stereocenters. The zero-order valence-electron chi connectivity index (χ0n) is 8.57. The zero-order chi connectivity index (χ0) is 12.6. The molecule has 1 aliphatic rings. The summed E-state index contributed by atoms with van der Waals surface area (Å²) in [5.41, 5.74) is 0.0523. The molecule has 1 aromatic rings. The maximum Gasteiger partial charge on any atom is 0.271 e. The minimum atomic E-state index is -0.665. The first-order chi connectivity index (χ1) is 8.00. The lowest BCUT2D eigenvalue weighted by atomic mass is 10.2. The third kappa shape index (κ3) is 2.01. The lowest BCUT2D eigenvalue weighted by Gasteiger charge is -2.13. The molecule has 17 heavy (non-hydrogen) atoms. The van der Waals surface area contributed by atoms with Crippen molar-refractivity contribution in [3.63, 3.8) is 0 Å². The molecule has 0 spiro atoms. The van der Waals surface area contributed by atoms with E-state index in [0.717, 1.165) is 4.90 Å². The van der Waals surface area contributed by atoms with Gasteiger partial charge in [0.05, 0.1) is 15.9 Å². The van der Waals surface area contributed by atoms with E-state index in [1.54, 1.807) is 0 Å². The van der Waals surface area contributed by atoms with Crippen LogP contribution < -0.4 is 4.90 Å². The molecule has 1 fully saturated rings. The topological polar surface area (TPSA) is 80.5 Å². The van der Waals surface area contributed by atoms with Crippen molar-refractivity contribution in [3.8, 4) is 0 Å². The maximum atomic E-state index is 11.7. The molecule has 1 saturated heterocycles.